The van der Waals surface area contributed by atoms with E-state index in [2.05, 4.69) is 26.5 Å². The Hall–Kier alpha value is -4.19. The van der Waals surface area contributed by atoms with Crippen LogP contribution in [0.2, 0.25) is 0 Å². The third-order valence-electron chi connectivity index (χ3n) is 8.04. The third-order valence-corrected chi connectivity index (χ3v) is 8.04. The van der Waals surface area contributed by atoms with Gasteiger partial charge in [-0.25, -0.2) is 0 Å². The van der Waals surface area contributed by atoms with Crippen LogP contribution in [0.3, 0.4) is 0 Å². The molecule has 9 heteroatoms. The van der Waals surface area contributed by atoms with Gasteiger partial charge in [-0.05, 0) is 66.1 Å². The molecule has 3 aliphatic rings. The molecule has 34 heavy (non-hydrogen) atoms. The Morgan fingerprint density at radius 1 is 0.853 bits per heavy atom. The number of benzene rings is 2. The van der Waals surface area contributed by atoms with Crippen molar-refractivity contribution < 1.29 is 9.59 Å². The molecule has 2 aromatic carbocycles. The van der Waals surface area contributed by atoms with Gasteiger partial charge in [-0.15, -0.1) is 0 Å². The second-order valence-corrected chi connectivity index (χ2v) is 9.70. The highest BCUT2D eigenvalue weighted by atomic mass is 16.2. The van der Waals surface area contributed by atoms with Crippen molar-refractivity contribution in [2.45, 2.75) is 0 Å². The predicted octanol–water partition coefficient (Wildman–Crippen LogP) is 2.40. The normalized spacial score (nSPS) is 25.3. The molecule has 2 aromatic heterocycles. The molecule has 3 fully saturated rings. The van der Waals surface area contributed by atoms with Gasteiger partial charge in [0.15, 0.2) is 0 Å². The lowest BCUT2D eigenvalue weighted by molar-refractivity contribution is 0.0629. The molecule has 4 heterocycles. The summed E-state index contributed by atoms with van der Waals surface area (Å²) >= 11 is 0. The lowest BCUT2D eigenvalue weighted by Gasteiger charge is -2.42. The largest absolute Gasteiger partial charge is 0.351 e. The first kappa shape index (κ1) is 19.3. The zero-order chi connectivity index (χ0) is 23.0. The number of hydrogen-bond donors (Lipinski definition) is 2. The van der Waals surface area contributed by atoms with Crippen molar-refractivity contribution in [1.82, 2.24) is 30.2 Å². The summed E-state index contributed by atoms with van der Waals surface area (Å²) in [7, 11) is 0. The van der Waals surface area contributed by atoms with Gasteiger partial charge in [-0.1, -0.05) is 0 Å². The fraction of sp³-hybridized carbons (Fsp3) is 0.320. The van der Waals surface area contributed by atoms with Crippen LogP contribution >= 0.6 is 0 Å². The summed E-state index contributed by atoms with van der Waals surface area (Å²) in [5.41, 5.74) is 4.09. The van der Waals surface area contributed by atoms with Crippen molar-refractivity contribution in [3.05, 3.63) is 59.3 Å². The second-order valence-electron chi connectivity index (χ2n) is 9.70. The van der Waals surface area contributed by atoms with Gasteiger partial charge in [-0.3, -0.25) is 9.59 Å². The number of amides is 2. The quantitative estimate of drug-likeness (QED) is 0.485. The molecule has 0 spiro atoms. The summed E-state index contributed by atoms with van der Waals surface area (Å²) < 4.78 is 0. The molecule has 4 atom stereocenters. The van der Waals surface area contributed by atoms with E-state index < -0.39 is 0 Å². The summed E-state index contributed by atoms with van der Waals surface area (Å²) in [6.07, 6.45) is 0. The third kappa shape index (κ3) is 2.71. The molecule has 7 rings (SSSR count). The molecule has 2 amide bonds. The number of aromatic amines is 2. The first-order chi connectivity index (χ1) is 16.6. The number of fused-ring (bicyclic) bond motifs is 6. The van der Waals surface area contributed by atoms with E-state index in [0.29, 0.717) is 46.0 Å². The second kappa shape index (κ2) is 6.90. The Labute approximate surface area is 194 Å². The van der Waals surface area contributed by atoms with E-state index in [0.717, 1.165) is 42.6 Å². The zero-order valence-electron chi connectivity index (χ0n) is 18.2. The van der Waals surface area contributed by atoms with Gasteiger partial charge in [0.2, 0.25) is 0 Å². The van der Waals surface area contributed by atoms with E-state index in [1.165, 1.54) is 0 Å². The first-order valence-electron chi connectivity index (χ1n) is 11.5. The van der Waals surface area contributed by atoms with Crippen LogP contribution in [0.4, 0.5) is 0 Å². The minimum absolute atomic E-state index is 0.0102. The lowest BCUT2D eigenvalue weighted by Crippen LogP contribution is -2.44. The van der Waals surface area contributed by atoms with Crippen LogP contribution in [0.1, 0.15) is 26.4 Å². The van der Waals surface area contributed by atoms with Crippen molar-refractivity contribution in [3.8, 4) is 6.07 Å². The first-order valence-corrected chi connectivity index (χ1v) is 11.5. The Bertz CT molecular complexity index is 1510. The van der Waals surface area contributed by atoms with Gasteiger partial charge in [-0.2, -0.15) is 20.7 Å². The smallest absolute Gasteiger partial charge is 0.270 e. The molecule has 0 unspecified atom stereocenters. The summed E-state index contributed by atoms with van der Waals surface area (Å²) in [6.45, 7) is 2.95. The minimum atomic E-state index is 0.0102. The van der Waals surface area contributed by atoms with E-state index in [9.17, 15) is 9.59 Å². The van der Waals surface area contributed by atoms with Crippen LogP contribution < -0.4 is 0 Å². The lowest BCUT2D eigenvalue weighted by atomic mass is 9.60. The Morgan fingerprint density at radius 2 is 1.53 bits per heavy atom. The minimum Gasteiger partial charge on any atom is -0.351 e. The number of carbonyl (C=O) groups excluding carboxylic acids is 2. The van der Waals surface area contributed by atoms with Crippen LogP contribution in [-0.2, 0) is 0 Å². The molecular formula is C25H21N7O2. The summed E-state index contributed by atoms with van der Waals surface area (Å²) in [4.78, 5) is 33.4. The number of nitrogens with one attached hydrogen (secondary N) is 2. The van der Waals surface area contributed by atoms with Crippen molar-refractivity contribution in [1.29, 1.82) is 5.26 Å². The summed E-state index contributed by atoms with van der Waals surface area (Å²) in [5, 5.41) is 20.7. The van der Waals surface area contributed by atoms with Gasteiger partial charge < -0.3 is 14.8 Å². The van der Waals surface area contributed by atoms with Gasteiger partial charge in [0, 0.05) is 42.6 Å². The summed E-state index contributed by atoms with van der Waals surface area (Å²) in [5.74, 6) is 1.83. The number of nitriles is 1. The topological polar surface area (TPSA) is 122 Å². The van der Waals surface area contributed by atoms with E-state index in [4.69, 9.17) is 5.26 Å². The maximum absolute atomic E-state index is 13.2. The van der Waals surface area contributed by atoms with Crippen molar-refractivity contribution in [3.63, 3.8) is 0 Å². The molecule has 2 aliphatic heterocycles. The van der Waals surface area contributed by atoms with Gasteiger partial charge in [0.05, 0.1) is 11.6 Å². The number of likely N-dealkylation sites (tertiary alicyclic amines) is 2. The molecular weight excluding hydrogens is 430 g/mol. The molecule has 0 bridgehead atoms. The van der Waals surface area contributed by atoms with Gasteiger partial charge in [0.25, 0.3) is 11.8 Å². The molecule has 2 saturated heterocycles. The SMILES string of the molecule is N#Cc1ccc2[nH]c(C(=O)N3C[C@@H]4[C@H]5CN(C(=O)c6ccc7n[nH]nc7c6)C[C@H]5[C@@H]4C3)cc2c1. The number of hydrogen-bond acceptors (Lipinski definition) is 5. The molecule has 1 aliphatic carbocycles. The van der Waals surface area contributed by atoms with Crippen molar-refractivity contribution in [2.24, 2.45) is 23.7 Å². The van der Waals surface area contributed by atoms with Crippen LogP contribution in [0.5, 0.6) is 0 Å². The Balaban J connectivity index is 1.04. The number of carbonyl (C=O) groups is 2. The molecule has 0 radical (unpaired) electrons. The number of aromatic nitrogens is 4. The van der Waals surface area contributed by atoms with E-state index >= 15 is 0 Å². The number of nitrogens with zero attached hydrogens (tertiary/aromatic N) is 5. The van der Waals surface area contributed by atoms with Crippen LogP contribution in [0.25, 0.3) is 21.9 Å². The standard InChI is InChI=1S/C25H21N7O2/c26-8-13-1-3-20-15(5-13)7-23(27-20)25(34)32-11-18-16-9-31(10-17(16)19(18)12-32)24(33)14-2-4-21-22(6-14)29-30-28-21/h1-7,16-19,27H,9-12H2,(H,28,29,30)/t16-,17+,18+,19-. The molecule has 2 N–H and O–H groups in total. The average Bonchev–Trinajstić information content (AvgIpc) is 3.63. The monoisotopic (exact) mass is 451 g/mol. The van der Waals surface area contributed by atoms with Crippen molar-refractivity contribution >= 4 is 33.8 Å². The molecule has 9 nitrogen and oxygen atoms in total. The maximum Gasteiger partial charge on any atom is 0.270 e. The Morgan fingerprint density at radius 3 is 2.24 bits per heavy atom. The average molecular weight is 451 g/mol. The maximum atomic E-state index is 13.2. The van der Waals surface area contributed by atoms with Crippen molar-refractivity contribution in [2.75, 3.05) is 26.2 Å². The highest BCUT2D eigenvalue weighted by Crippen LogP contribution is 2.54. The van der Waals surface area contributed by atoms with Crippen LogP contribution in [-0.4, -0.2) is 68.2 Å². The van der Waals surface area contributed by atoms with Crippen LogP contribution in [0, 0.1) is 35.0 Å². The van der Waals surface area contributed by atoms with Gasteiger partial charge >= 0.3 is 0 Å². The summed E-state index contributed by atoms with van der Waals surface area (Å²) in [6, 6.07) is 14.8. The zero-order valence-corrected chi connectivity index (χ0v) is 18.2. The van der Waals surface area contributed by atoms with E-state index in [-0.39, 0.29) is 11.8 Å². The fourth-order valence-electron chi connectivity index (χ4n) is 6.35. The van der Waals surface area contributed by atoms with E-state index in [1.54, 1.807) is 18.2 Å². The predicted molar refractivity (Wildman–Crippen MR) is 123 cm³/mol. The Kier molecular flexibility index (Phi) is 3.92. The van der Waals surface area contributed by atoms with Gasteiger partial charge in [0.1, 0.15) is 16.7 Å². The number of rotatable bonds is 2. The highest BCUT2D eigenvalue weighted by molar-refractivity contribution is 5.99. The molecule has 1 saturated carbocycles. The highest BCUT2D eigenvalue weighted by Gasteiger charge is 2.59. The van der Waals surface area contributed by atoms with Crippen LogP contribution in [0.15, 0.2) is 42.5 Å². The molecule has 4 aromatic rings. The van der Waals surface area contributed by atoms with E-state index in [1.807, 2.05) is 34.1 Å². The molecule has 168 valence electrons. The number of H-pyrrole nitrogens is 2. The fourth-order valence-corrected chi connectivity index (χ4v) is 6.35.